The minimum absolute atomic E-state index is 0.304. The maximum absolute atomic E-state index is 6.09. The molecule has 2 aromatic carbocycles. The smallest absolute Gasteiger partial charge is 0.226 e. The van der Waals surface area contributed by atoms with Gasteiger partial charge in [-0.25, -0.2) is 4.98 Å². The fourth-order valence-electron chi connectivity index (χ4n) is 2.47. The molecule has 0 spiro atoms. The highest BCUT2D eigenvalue weighted by molar-refractivity contribution is 6.32. The first-order valence-corrected chi connectivity index (χ1v) is 8.85. The number of nitrogens with zero attached hydrogens (tertiary/aromatic N) is 2. The summed E-state index contributed by atoms with van der Waals surface area (Å²) in [5.41, 5.74) is 9.64. The predicted molar refractivity (Wildman–Crippen MR) is 108 cm³/mol. The second kappa shape index (κ2) is 8.60. The van der Waals surface area contributed by atoms with Crippen LogP contribution < -0.4 is 15.8 Å². The third-order valence-electron chi connectivity index (χ3n) is 3.92. The summed E-state index contributed by atoms with van der Waals surface area (Å²) in [5, 5.41) is 3.50. The number of nitrogens with two attached hydrogens (primary N) is 1. The van der Waals surface area contributed by atoms with Gasteiger partial charge in [0.2, 0.25) is 5.89 Å². The minimum Gasteiger partial charge on any atom is -0.495 e. The molecule has 6 nitrogen and oxygen atoms in total. The van der Waals surface area contributed by atoms with Crippen LogP contribution in [0.5, 0.6) is 5.75 Å². The largest absolute Gasteiger partial charge is 0.495 e. The number of methoxy groups -OCH3 is 1. The molecule has 0 amide bonds. The van der Waals surface area contributed by atoms with Crippen molar-refractivity contribution >= 4 is 23.2 Å². The number of halogens is 1. The van der Waals surface area contributed by atoms with Gasteiger partial charge in [-0.2, -0.15) is 0 Å². The summed E-state index contributed by atoms with van der Waals surface area (Å²) < 4.78 is 10.7. The van der Waals surface area contributed by atoms with E-state index >= 15 is 0 Å². The number of oxazole rings is 1. The van der Waals surface area contributed by atoms with Crippen LogP contribution in [0.1, 0.15) is 11.3 Å². The highest BCUT2D eigenvalue weighted by atomic mass is 35.5. The molecule has 1 aromatic heterocycles. The number of rotatable bonds is 6. The lowest BCUT2D eigenvalue weighted by Crippen LogP contribution is -2.23. The SMILES string of the molecule is COc1ccc(NC(N)=NCCc2coc(-c3ccc(C)cc3)n2)cc1Cl. The maximum atomic E-state index is 6.09. The molecule has 0 saturated heterocycles. The van der Waals surface area contributed by atoms with Gasteiger partial charge in [-0.05, 0) is 37.3 Å². The number of aliphatic imine (C=N–C) groups is 1. The van der Waals surface area contributed by atoms with Crippen LogP contribution >= 0.6 is 11.6 Å². The van der Waals surface area contributed by atoms with E-state index in [1.807, 2.05) is 37.3 Å². The first kappa shape index (κ1) is 18.8. The fraction of sp³-hybridized carbons (Fsp3) is 0.200. The molecular weight excluding hydrogens is 364 g/mol. The maximum Gasteiger partial charge on any atom is 0.226 e. The van der Waals surface area contributed by atoms with Gasteiger partial charge in [0, 0.05) is 24.2 Å². The summed E-state index contributed by atoms with van der Waals surface area (Å²) in [4.78, 5) is 8.80. The number of benzene rings is 2. The molecule has 0 atom stereocenters. The van der Waals surface area contributed by atoms with E-state index in [4.69, 9.17) is 26.5 Å². The lowest BCUT2D eigenvalue weighted by molar-refractivity contribution is 0.415. The molecule has 0 bridgehead atoms. The molecule has 140 valence electrons. The van der Waals surface area contributed by atoms with Crippen LogP contribution in [0.3, 0.4) is 0 Å². The van der Waals surface area contributed by atoms with Crippen LogP contribution in [0.2, 0.25) is 5.02 Å². The van der Waals surface area contributed by atoms with Crippen molar-refractivity contribution in [3.05, 3.63) is 65.0 Å². The molecule has 0 unspecified atom stereocenters. The molecule has 0 radical (unpaired) electrons. The van der Waals surface area contributed by atoms with Gasteiger partial charge in [-0.1, -0.05) is 29.3 Å². The normalized spacial score (nSPS) is 11.4. The van der Waals surface area contributed by atoms with E-state index in [2.05, 4.69) is 15.3 Å². The Bertz CT molecular complexity index is 935. The number of hydrogen-bond acceptors (Lipinski definition) is 4. The van der Waals surface area contributed by atoms with Crippen LogP contribution in [-0.4, -0.2) is 24.6 Å². The zero-order valence-electron chi connectivity index (χ0n) is 15.2. The Morgan fingerprint density at radius 2 is 2.04 bits per heavy atom. The van der Waals surface area contributed by atoms with Crippen LogP contribution in [0.25, 0.3) is 11.5 Å². The van der Waals surface area contributed by atoms with Gasteiger partial charge in [0.25, 0.3) is 0 Å². The third-order valence-corrected chi connectivity index (χ3v) is 4.22. The molecule has 0 aliphatic carbocycles. The molecule has 0 aliphatic rings. The number of hydrogen-bond donors (Lipinski definition) is 2. The Morgan fingerprint density at radius 3 is 2.74 bits per heavy atom. The summed E-state index contributed by atoms with van der Waals surface area (Å²) in [7, 11) is 1.57. The van der Waals surface area contributed by atoms with E-state index in [1.54, 1.807) is 25.5 Å². The number of nitrogens with one attached hydrogen (secondary N) is 1. The molecule has 0 saturated carbocycles. The number of aromatic nitrogens is 1. The van der Waals surface area contributed by atoms with Crippen LogP contribution in [0.15, 0.2) is 58.1 Å². The average molecular weight is 385 g/mol. The first-order chi connectivity index (χ1) is 13.0. The first-order valence-electron chi connectivity index (χ1n) is 8.47. The number of anilines is 1. The summed E-state index contributed by atoms with van der Waals surface area (Å²) in [6.45, 7) is 2.53. The Kier molecular flexibility index (Phi) is 5.98. The number of guanidine groups is 1. The number of aryl methyl sites for hydroxylation is 1. The zero-order valence-corrected chi connectivity index (χ0v) is 16.0. The predicted octanol–water partition coefficient (Wildman–Crippen LogP) is 4.28. The van der Waals surface area contributed by atoms with Crippen LogP contribution in [0.4, 0.5) is 5.69 Å². The standard InChI is InChI=1S/C20H21ClN4O2/c1-13-3-5-14(6-4-13)19-24-16(12-27-19)9-10-23-20(22)25-15-7-8-18(26-2)17(21)11-15/h3-8,11-12H,9-10H2,1-2H3,(H3,22,23,25). The summed E-state index contributed by atoms with van der Waals surface area (Å²) in [6, 6.07) is 13.4. The van der Waals surface area contributed by atoms with E-state index < -0.39 is 0 Å². The van der Waals surface area contributed by atoms with E-state index in [0.29, 0.717) is 35.6 Å². The Balaban J connectivity index is 1.55. The molecular formula is C20H21ClN4O2. The lowest BCUT2D eigenvalue weighted by atomic mass is 10.1. The third kappa shape index (κ3) is 5.01. The Labute approximate surface area is 163 Å². The van der Waals surface area contributed by atoms with Crippen molar-refractivity contribution in [2.45, 2.75) is 13.3 Å². The van der Waals surface area contributed by atoms with E-state index in [0.717, 1.165) is 16.9 Å². The van der Waals surface area contributed by atoms with E-state index in [1.165, 1.54) is 5.56 Å². The van der Waals surface area contributed by atoms with Crippen LogP contribution in [-0.2, 0) is 6.42 Å². The van der Waals surface area contributed by atoms with Gasteiger partial charge in [0.1, 0.15) is 12.0 Å². The molecule has 1 heterocycles. The van der Waals surface area contributed by atoms with Gasteiger partial charge in [0.15, 0.2) is 5.96 Å². The fourth-order valence-corrected chi connectivity index (χ4v) is 2.73. The van der Waals surface area contributed by atoms with Gasteiger partial charge in [-0.3, -0.25) is 4.99 Å². The molecule has 0 aliphatic heterocycles. The highest BCUT2D eigenvalue weighted by Crippen LogP contribution is 2.27. The minimum atomic E-state index is 0.304. The Hall–Kier alpha value is -2.99. The molecule has 3 aromatic rings. The van der Waals surface area contributed by atoms with Gasteiger partial charge < -0.3 is 20.2 Å². The topological polar surface area (TPSA) is 85.7 Å². The van der Waals surface area contributed by atoms with Crippen LogP contribution in [0, 0.1) is 6.92 Å². The summed E-state index contributed by atoms with van der Waals surface area (Å²) >= 11 is 6.09. The number of ether oxygens (including phenoxy) is 1. The van der Waals surface area contributed by atoms with Crippen molar-refractivity contribution in [1.82, 2.24) is 4.98 Å². The van der Waals surface area contributed by atoms with Gasteiger partial charge in [0.05, 0.1) is 17.8 Å². The molecule has 27 heavy (non-hydrogen) atoms. The second-order valence-electron chi connectivity index (χ2n) is 6.00. The van der Waals surface area contributed by atoms with Crippen molar-refractivity contribution in [1.29, 1.82) is 0 Å². The average Bonchev–Trinajstić information content (AvgIpc) is 3.11. The van der Waals surface area contributed by atoms with Crippen molar-refractivity contribution in [2.75, 3.05) is 19.0 Å². The van der Waals surface area contributed by atoms with Crippen molar-refractivity contribution in [3.8, 4) is 17.2 Å². The van der Waals surface area contributed by atoms with E-state index in [9.17, 15) is 0 Å². The monoisotopic (exact) mass is 384 g/mol. The van der Waals surface area contributed by atoms with E-state index in [-0.39, 0.29) is 0 Å². The lowest BCUT2D eigenvalue weighted by Gasteiger charge is -2.08. The van der Waals surface area contributed by atoms with Gasteiger partial charge >= 0.3 is 0 Å². The quantitative estimate of drug-likeness (QED) is 0.489. The molecule has 3 N–H and O–H groups in total. The molecule has 0 fully saturated rings. The summed E-state index contributed by atoms with van der Waals surface area (Å²) in [6.07, 6.45) is 2.28. The second-order valence-corrected chi connectivity index (χ2v) is 6.41. The van der Waals surface area contributed by atoms with Crippen molar-refractivity contribution in [2.24, 2.45) is 10.7 Å². The molecule has 7 heteroatoms. The van der Waals surface area contributed by atoms with Gasteiger partial charge in [-0.15, -0.1) is 0 Å². The van der Waals surface area contributed by atoms with Crippen molar-refractivity contribution in [3.63, 3.8) is 0 Å². The highest BCUT2D eigenvalue weighted by Gasteiger charge is 2.07. The summed E-state index contributed by atoms with van der Waals surface area (Å²) in [5.74, 6) is 1.51. The van der Waals surface area contributed by atoms with Crippen molar-refractivity contribution < 1.29 is 9.15 Å². The Morgan fingerprint density at radius 1 is 1.26 bits per heavy atom. The zero-order chi connectivity index (χ0) is 19.2. The molecule has 3 rings (SSSR count).